The van der Waals surface area contributed by atoms with E-state index in [-0.39, 0.29) is 30.3 Å². The molecule has 0 radical (unpaired) electrons. The molecule has 0 spiro atoms. The molecule has 1 saturated carbocycles. The van der Waals surface area contributed by atoms with Gasteiger partial charge < -0.3 is 14.2 Å². The number of nitrogens with zero attached hydrogens (tertiary/aromatic N) is 5. The van der Waals surface area contributed by atoms with Crippen molar-refractivity contribution in [1.29, 1.82) is 0 Å². The van der Waals surface area contributed by atoms with Gasteiger partial charge in [-0.05, 0) is 37.1 Å². The van der Waals surface area contributed by atoms with E-state index in [1.54, 1.807) is 29.2 Å². The van der Waals surface area contributed by atoms with Crippen LogP contribution in [0.3, 0.4) is 0 Å². The van der Waals surface area contributed by atoms with E-state index in [1.807, 2.05) is 0 Å². The zero-order valence-electron chi connectivity index (χ0n) is 19.4. The Balaban J connectivity index is 1.19. The number of rotatable bonds is 4. The molecule has 0 atom stereocenters. The van der Waals surface area contributed by atoms with E-state index in [4.69, 9.17) is 9.26 Å². The van der Waals surface area contributed by atoms with Gasteiger partial charge in [-0.25, -0.2) is 14.8 Å². The average Bonchev–Trinajstić information content (AvgIpc) is 3.18. The molecule has 1 aliphatic carbocycles. The maximum Gasteiger partial charge on any atom is 0.401 e. The van der Waals surface area contributed by atoms with Crippen molar-refractivity contribution in [3.8, 4) is 11.6 Å². The number of fused-ring (bicyclic) bond motifs is 2. The number of carbonyl (C=O) groups excluding carboxylic acids is 2. The fourth-order valence-electron chi connectivity index (χ4n) is 4.46. The molecule has 13 heteroatoms. The van der Waals surface area contributed by atoms with Crippen LogP contribution < -0.4 is 10.1 Å². The molecular weight excluding hydrogens is 493 g/mol. The van der Waals surface area contributed by atoms with Crippen LogP contribution in [0.1, 0.15) is 36.8 Å². The van der Waals surface area contributed by atoms with Gasteiger partial charge in [0.15, 0.2) is 11.6 Å². The van der Waals surface area contributed by atoms with Crippen molar-refractivity contribution in [2.75, 3.05) is 5.32 Å². The molecule has 6 rings (SSSR count). The fourth-order valence-corrected chi connectivity index (χ4v) is 4.46. The van der Waals surface area contributed by atoms with Gasteiger partial charge in [-0.2, -0.15) is 13.2 Å². The van der Waals surface area contributed by atoms with Crippen LogP contribution in [0.2, 0.25) is 0 Å². The predicted octanol–water partition coefficient (Wildman–Crippen LogP) is 4.75. The van der Waals surface area contributed by atoms with Gasteiger partial charge in [-0.1, -0.05) is 5.16 Å². The van der Waals surface area contributed by atoms with Crippen molar-refractivity contribution in [3.63, 3.8) is 0 Å². The number of alkyl halides is 3. The third-order valence-corrected chi connectivity index (χ3v) is 6.73. The molecule has 10 nitrogen and oxygen atoms in total. The first-order valence-electron chi connectivity index (χ1n) is 11.4. The summed E-state index contributed by atoms with van der Waals surface area (Å²) in [5.74, 6) is 0.334. The molecule has 2 amide bonds. The maximum absolute atomic E-state index is 13.3. The molecule has 0 saturated heterocycles. The lowest BCUT2D eigenvalue weighted by Crippen LogP contribution is -2.28. The minimum atomic E-state index is -4.44. The van der Waals surface area contributed by atoms with E-state index < -0.39 is 17.6 Å². The van der Waals surface area contributed by atoms with Crippen LogP contribution in [-0.2, 0) is 23.3 Å². The van der Waals surface area contributed by atoms with E-state index in [9.17, 15) is 22.8 Å². The second kappa shape index (κ2) is 8.05. The third kappa shape index (κ3) is 3.86. The van der Waals surface area contributed by atoms with Gasteiger partial charge in [0, 0.05) is 24.6 Å². The van der Waals surface area contributed by atoms with Gasteiger partial charge in [0.1, 0.15) is 17.5 Å². The summed E-state index contributed by atoms with van der Waals surface area (Å²) in [4.78, 5) is 34.6. The van der Waals surface area contributed by atoms with Gasteiger partial charge in [0.25, 0.3) is 0 Å². The Hall–Kier alpha value is -4.42. The molecule has 1 aliphatic heterocycles. The van der Waals surface area contributed by atoms with Crippen LogP contribution in [0.4, 0.5) is 23.8 Å². The summed E-state index contributed by atoms with van der Waals surface area (Å²) in [6.07, 6.45) is -1.68. The molecule has 4 heterocycles. The monoisotopic (exact) mass is 512 g/mol. The number of carbonyl (C=O) groups is 2. The Morgan fingerprint density at radius 3 is 2.68 bits per heavy atom. The average molecular weight is 512 g/mol. The highest BCUT2D eigenvalue weighted by molar-refractivity contribution is 5.98. The van der Waals surface area contributed by atoms with E-state index in [0.717, 1.165) is 17.3 Å². The second-order valence-corrected chi connectivity index (χ2v) is 9.07. The number of benzene rings is 1. The van der Waals surface area contributed by atoms with Crippen molar-refractivity contribution in [2.24, 2.45) is 0 Å². The summed E-state index contributed by atoms with van der Waals surface area (Å²) < 4.78 is 52.2. The van der Waals surface area contributed by atoms with Crippen LogP contribution in [-0.4, -0.2) is 42.7 Å². The third-order valence-electron chi connectivity index (χ3n) is 6.73. The lowest BCUT2D eigenvalue weighted by Gasteiger charge is -2.14. The number of hydrogen-bond acceptors (Lipinski definition) is 7. The normalized spacial score (nSPS) is 16.1. The largest absolute Gasteiger partial charge is 0.439 e. The first kappa shape index (κ1) is 23.0. The number of ether oxygens (including phenoxy) is 1. The van der Waals surface area contributed by atoms with Crippen LogP contribution in [0, 0.1) is 0 Å². The van der Waals surface area contributed by atoms with E-state index in [2.05, 4.69) is 20.4 Å². The molecule has 0 unspecified atom stereocenters. The fraction of sp³-hybridized carbons (Fsp3) is 0.292. The number of aromatic nitrogens is 4. The lowest BCUT2D eigenvalue weighted by atomic mass is 10.0. The van der Waals surface area contributed by atoms with Crippen LogP contribution in [0.15, 0.2) is 47.4 Å². The molecule has 190 valence electrons. The van der Waals surface area contributed by atoms with Crippen LogP contribution in [0.5, 0.6) is 11.6 Å². The van der Waals surface area contributed by atoms with Gasteiger partial charge in [-0.15, -0.1) is 0 Å². The first-order valence-corrected chi connectivity index (χ1v) is 11.4. The number of amides is 2. The highest BCUT2D eigenvalue weighted by Gasteiger charge is 2.66. The summed E-state index contributed by atoms with van der Waals surface area (Å²) in [5.41, 5.74) is -0.0189. The Kier molecular flexibility index (Phi) is 5.00. The van der Waals surface area contributed by atoms with Gasteiger partial charge in [0.05, 0.1) is 29.9 Å². The standard InChI is InChI=1S/C24H19F3N6O4/c1-13(34)32-10-16-17(11-32)28-12-29-21(16)36-15-2-3-18-14(8-15)4-7-33(18)22(35)30-20-9-19(37-31-20)23(5-6-23)24(25,26)27/h2-4,7-9,12H,5-6,10-11H2,1H3,(H,30,31,35). The number of nitrogens with one attached hydrogen (secondary N) is 1. The Morgan fingerprint density at radius 1 is 1.14 bits per heavy atom. The van der Waals surface area contributed by atoms with Crippen molar-refractivity contribution in [2.45, 2.75) is 44.4 Å². The molecule has 1 fully saturated rings. The van der Waals surface area contributed by atoms with Crippen molar-refractivity contribution >= 4 is 28.7 Å². The SMILES string of the molecule is CC(=O)N1Cc2ncnc(Oc3ccc4c(ccn4C(=O)Nc4cc(C5(C(F)(F)F)CC5)on4)c3)c2C1. The molecule has 0 bridgehead atoms. The summed E-state index contributed by atoms with van der Waals surface area (Å²) in [5, 5.41) is 6.75. The number of hydrogen-bond donors (Lipinski definition) is 1. The number of halogens is 3. The van der Waals surface area contributed by atoms with E-state index >= 15 is 0 Å². The zero-order valence-corrected chi connectivity index (χ0v) is 19.4. The van der Waals surface area contributed by atoms with Crippen molar-refractivity contribution in [1.82, 2.24) is 24.6 Å². The quantitative estimate of drug-likeness (QED) is 0.420. The molecular formula is C24H19F3N6O4. The van der Waals surface area contributed by atoms with Crippen LogP contribution >= 0.6 is 0 Å². The Morgan fingerprint density at radius 2 is 1.95 bits per heavy atom. The molecule has 37 heavy (non-hydrogen) atoms. The topological polar surface area (TPSA) is 115 Å². The van der Waals surface area contributed by atoms with Crippen molar-refractivity contribution in [3.05, 3.63) is 59.9 Å². The molecule has 2 aliphatic rings. The summed E-state index contributed by atoms with van der Waals surface area (Å²) in [7, 11) is 0. The van der Waals surface area contributed by atoms with E-state index in [1.165, 1.54) is 24.0 Å². The second-order valence-electron chi connectivity index (χ2n) is 9.07. The molecule has 3 aromatic heterocycles. The first-order chi connectivity index (χ1) is 17.6. The van der Waals surface area contributed by atoms with Gasteiger partial charge >= 0.3 is 12.2 Å². The highest BCUT2D eigenvalue weighted by atomic mass is 19.4. The summed E-state index contributed by atoms with van der Waals surface area (Å²) in [6, 6.07) is 7.25. The van der Waals surface area contributed by atoms with Crippen LogP contribution in [0.25, 0.3) is 10.9 Å². The summed E-state index contributed by atoms with van der Waals surface area (Å²) >= 11 is 0. The van der Waals surface area contributed by atoms with E-state index in [0.29, 0.717) is 35.6 Å². The molecule has 1 N–H and O–H groups in total. The minimum absolute atomic E-state index is 0.0702. The Labute approximate surface area is 207 Å². The molecule has 1 aromatic carbocycles. The predicted molar refractivity (Wildman–Crippen MR) is 122 cm³/mol. The number of anilines is 1. The maximum atomic E-state index is 13.3. The Bertz CT molecular complexity index is 1560. The van der Waals surface area contributed by atoms with Gasteiger partial charge in [-0.3, -0.25) is 14.7 Å². The zero-order chi connectivity index (χ0) is 25.9. The molecule has 4 aromatic rings. The summed E-state index contributed by atoms with van der Waals surface area (Å²) in [6.45, 7) is 2.24. The lowest BCUT2D eigenvalue weighted by molar-refractivity contribution is -0.165. The minimum Gasteiger partial charge on any atom is -0.439 e. The van der Waals surface area contributed by atoms with Crippen molar-refractivity contribution < 1.29 is 32.0 Å². The highest BCUT2D eigenvalue weighted by Crippen LogP contribution is 2.59. The smallest absolute Gasteiger partial charge is 0.401 e. The van der Waals surface area contributed by atoms with Gasteiger partial charge in [0.2, 0.25) is 11.8 Å².